The number of hydrogen-bond acceptors (Lipinski definition) is 4. The van der Waals surface area contributed by atoms with Gasteiger partial charge in [-0.05, 0) is 49.8 Å². The summed E-state index contributed by atoms with van der Waals surface area (Å²) in [4.78, 5) is 19.7. The Bertz CT molecular complexity index is 633. The monoisotopic (exact) mass is 402 g/mol. The minimum Gasteiger partial charge on any atom is -0.369 e. The number of amides is 1. The number of aromatic nitrogens is 1. The minimum atomic E-state index is -1.07. The average molecular weight is 403 g/mol. The summed E-state index contributed by atoms with van der Waals surface area (Å²) in [7, 11) is -1.07. The van der Waals surface area contributed by atoms with Gasteiger partial charge in [0.05, 0.1) is 5.56 Å². The largest absolute Gasteiger partial charge is 0.369 e. The molecule has 0 aromatic carbocycles. The molecule has 1 saturated carbocycles. The van der Waals surface area contributed by atoms with Crippen molar-refractivity contribution in [1.29, 1.82) is 0 Å². The molecule has 5 nitrogen and oxygen atoms in total. The second kappa shape index (κ2) is 10.4. The van der Waals surface area contributed by atoms with Crippen LogP contribution in [0.3, 0.4) is 0 Å². The van der Waals surface area contributed by atoms with E-state index in [1.54, 1.807) is 6.20 Å². The van der Waals surface area contributed by atoms with Crippen molar-refractivity contribution in [3.63, 3.8) is 0 Å². The van der Waals surface area contributed by atoms with E-state index in [2.05, 4.69) is 40.2 Å². The van der Waals surface area contributed by atoms with Crippen molar-refractivity contribution in [2.75, 3.05) is 37.7 Å². The van der Waals surface area contributed by atoms with Gasteiger partial charge in [0, 0.05) is 32.0 Å². The van der Waals surface area contributed by atoms with Gasteiger partial charge >= 0.3 is 0 Å². The van der Waals surface area contributed by atoms with Crippen LogP contribution < -0.4 is 5.32 Å². The van der Waals surface area contributed by atoms with Crippen LogP contribution in [-0.2, 0) is 0 Å². The number of carbonyl (C=O) groups excluding carboxylic acids is 1. The van der Waals surface area contributed by atoms with Crippen LogP contribution in [0.1, 0.15) is 62.7 Å². The minimum absolute atomic E-state index is 0.150. The normalized spacial score (nSPS) is 21.9. The predicted octanol–water partition coefficient (Wildman–Crippen LogP) is 3.77. The lowest BCUT2D eigenvalue weighted by molar-refractivity contribution is 0.0748. The highest BCUT2D eigenvalue weighted by atomic mass is 28.3. The zero-order chi connectivity index (χ0) is 19.9. The maximum atomic E-state index is 13.2. The van der Waals surface area contributed by atoms with E-state index in [0.717, 1.165) is 49.5 Å². The van der Waals surface area contributed by atoms with E-state index in [1.165, 1.54) is 38.6 Å². The molecule has 156 valence electrons. The highest BCUT2D eigenvalue weighted by Gasteiger charge is 2.30. The van der Waals surface area contributed by atoms with E-state index in [9.17, 15) is 4.79 Å². The van der Waals surface area contributed by atoms with Crippen LogP contribution in [0.15, 0.2) is 18.3 Å². The molecule has 1 aliphatic carbocycles. The molecular weight excluding hydrogens is 364 g/mol. The molecule has 2 heterocycles. The molecule has 1 atom stereocenters. The van der Waals surface area contributed by atoms with E-state index < -0.39 is 8.96 Å². The van der Waals surface area contributed by atoms with Gasteiger partial charge in [-0.2, -0.15) is 0 Å². The van der Waals surface area contributed by atoms with Gasteiger partial charge in [0.25, 0.3) is 5.91 Å². The molecule has 1 N–H and O–H groups in total. The summed E-state index contributed by atoms with van der Waals surface area (Å²) in [5.74, 6) is 2.42. The molecule has 1 saturated heterocycles. The summed E-state index contributed by atoms with van der Waals surface area (Å²) in [5, 5.41) is 3.38. The summed E-state index contributed by atoms with van der Waals surface area (Å²) in [6.07, 6.45) is 10.8. The molecule has 1 aromatic heterocycles. The molecule has 3 rings (SSSR count). The second-order valence-electron chi connectivity index (χ2n) is 9.11. The van der Waals surface area contributed by atoms with E-state index in [4.69, 9.17) is 0 Å². The number of rotatable bonds is 7. The molecule has 0 bridgehead atoms. The van der Waals surface area contributed by atoms with Crippen molar-refractivity contribution in [1.82, 2.24) is 14.4 Å². The molecule has 1 aliphatic heterocycles. The number of hydrogen-bond donors (Lipinski definition) is 1. The molecule has 0 unspecified atom stereocenters. The molecule has 1 aromatic rings. The lowest BCUT2D eigenvalue weighted by Crippen LogP contribution is -2.57. The van der Waals surface area contributed by atoms with Crippen LogP contribution in [0.25, 0.3) is 0 Å². The predicted molar refractivity (Wildman–Crippen MR) is 119 cm³/mol. The number of nitrogens with zero attached hydrogens (tertiary/aromatic N) is 3. The second-order valence-corrected chi connectivity index (χ2v) is 11.9. The SMILES string of the molecule is CC(C)CCNc1ncccc1C(=O)N1CCN(CC2CCCCC2)[Si@@H](C)C1. The molecule has 28 heavy (non-hydrogen) atoms. The fourth-order valence-electron chi connectivity index (χ4n) is 4.52. The topological polar surface area (TPSA) is 48.5 Å². The van der Waals surface area contributed by atoms with Crippen LogP contribution in [0.5, 0.6) is 0 Å². The number of pyridine rings is 1. The smallest absolute Gasteiger partial charge is 0.257 e. The van der Waals surface area contributed by atoms with Crippen molar-refractivity contribution in [3.8, 4) is 0 Å². The van der Waals surface area contributed by atoms with Gasteiger partial charge in [-0.15, -0.1) is 0 Å². The zero-order valence-electron chi connectivity index (χ0n) is 18.0. The first-order valence-corrected chi connectivity index (χ1v) is 13.8. The molecule has 1 amide bonds. The maximum Gasteiger partial charge on any atom is 0.257 e. The Balaban J connectivity index is 1.57. The first-order valence-electron chi connectivity index (χ1n) is 11.3. The molecule has 0 radical (unpaired) electrons. The fourth-order valence-corrected chi connectivity index (χ4v) is 6.95. The summed E-state index contributed by atoms with van der Waals surface area (Å²) >= 11 is 0. The average Bonchev–Trinajstić information content (AvgIpc) is 2.70. The highest BCUT2D eigenvalue weighted by molar-refractivity contribution is 6.55. The maximum absolute atomic E-state index is 13.2. The Morgan fingerprint density at radius 3 is 2.79 bits per heavy atom. The Labute approximate surface area is 172 Å². The Morgan fingerprint density at radius 2 is 2.07 bits per heavy atom. The number of anilines is 1. The third-order valence-electron chi connectivity index (χ3n) is 6.32. The van der Waals surface area contributed by atoms with Gasteiger partial charge in [0.1, 0.15) is 14.8 Å². The van der Waals surface area contributed by atoms with Gasteiger partial charge in [0.2, 0.25) is 0 Å². The summed E-state index contributed by atoms with van der Waals surface area (Å²) in [6, 6.07) is 3.80. The van der Waals surface area contributed by atoms with E-state index >= 15 is 0 Å². The standard InChI is InChI=1S/C22H38N4OSi/c1-18(2)11-13-24-21-20(10-7-12-23-21)22(27)25-14-15-26(28(3)17-25)16-19-8-5-4-6-9-19/h7,10,12,18-19,28H,4-6,8-9,11,13-17H2,1-3H3,(H,23,24)/t28-/m0/s1. The quantitative estimate of drug-likeness (QED) is 0.705. The van der Waals surface area contributed by atoms with Gasteiger partial charge in [-0.1, -0.05) is 39.7 Å². The fraction of sp³-hybridized carbons (Fsp3) is 0.727. The molecule has 6 heteroatoms. The van der Waals surface area contributed by atoms with Crippen molar-refractivity contribution < 1.29 is 4.79 Å². The van der Waals surface area contributed by atoms with Crippen molar-refractivity contribution in [2.45, 2.75) is 58.9 Å². The van der Waals surface area contributed by atoms with Gasteiger partial charge < -0.3 is 14.8 Å². The van der Waals surface area contributed by atoms with Crippen LogP contribution in [-0.4, -0.2) is 61.7 Å². The molecular formula is C22H38N4OSi. The van der Waals surface area contributed by atoms with Crippen LogP contribution in [0.4, 0.5) is 5.82 Å². The molecule has 0 spiro atoms. The first-order chi connectivity index (χ1) is 13.5. The molecule has 2 aliphatic rings. The summed E-state index contributed by atoms with van der Waals surface area (Å²) in [5.41, 5.74) is 0.730. The van der Waals surface area contributed by atoms with Gasteiger partial charge in [-0.3, -0.25) is 4.79 Å². The number of carbonyl (C=O) groups is 1. The van der Waals surface area contributed by atoms with E-state index in [0.29, 0.717) is 5.92 Å². The van der Waals surface area contributed by atoms with Gasteiger partial charge in [0.15, 0.2) is 0 Å². The third kappa shape index (κ3) is 5.80. The van der Waals surface area contributed by atoms with E-state index in [-0.39, 0.29) is 5.91 Å². The van der Waals surface area contributed by atoms with Crippen molar-refractivity contribution in [3.05, 3.63) is 23.9 Å². The zero-order valence-corrected chi connectivity index (χ0v) is 19.1. The summed E-state index contributed by atoms with van der Waals surface area (Å²) in [6.45, 7) is 10.9. The van der Waals surface area contributed by atoms with Crippen molar-refractivity contribution >= 4 is 20.7 Å². The Hall–Kier alpha value is -1.40. The van der Waals surface area contributed by atoms with E-state index in [1.807, 2.05) is 12.1 Å². The lowest BCUT2D eigenvalue weighted by Gasteiger charge is -2.41. The van der Waals surface area contributed by atoms with Crippen LogP contribution in [0.2, 0.25) is 6.55 Å². The summed E-state index contributed by atoms with van der Waals surface area (Å²) < 4.78 is 2.74. The lowest BCUT2D eigenvalue weighted by atomic mass is 9.89. The van der Waals surface area contributed by atoms with Crippen molar-refractivity contribution in [2.24, 2.45) is 11.8 Å². The van der Waals surface area contributed by atoms with Gasteiger partial charge in [-0.25, -0.2) is 4.98 Å². The molecule has 2 fully saturated rings. The number of nitrogens with one attached hydrogen (secondary N) is 1. The first kappa shape index (κ1) is 21.3. The van der Waals surface area contributed by atoms with Crippen LogP contribution >= 0.6 is 0 Å². The third-order valence-corrected chi connectivity index (χ3v) is 9.01. The highest BCUT2D eigenvalue weighted by Crippen LogP contribution is 2.25. The Morgan fingerprint density at radius 1 is 1.29 bits per heavy atom. The van der Waals surface area contributed by atoms with Crippen LogP contribution in [0, 0.1) is 11.8 Å². The Kier molecular flexibility index (Phi) is 7.91.